The van der Waals surface area contributed by atoms with Crippen molar-refractivity contribution in [3.05, 3.63) is 53.7 Å². The van der Waals surface area contributed by atoms with E-state index in [1.807, 2.05) is 35.2 Å². The number of pyridine rings is 1. The Bertz CT molecular complexity index is 781. The lowest BCUT2D eigenvalue weighted by atomic mass is 10.1. The number of hydrogen-bond acceptors (Lipinski definition) is 4. The summed E-state index contributed by atoms with van der Waals surface area (Å²) in [6.45, 7) is 1.63. The van der Waals surface area contributed by atoms with E-state index < -0.39 is 0 Å². The van der Waals surface area contributed by atoms with Crippen molar-refractivity contribution in [3.63, 3.8) is 0 Å². The summed E-state index contributed by atoms with van der Waals surface area (Å²) in [5.41, 5.74) is 2.90. The number of fused-ring (bicyclic) bond motifs is 1. The second-order valence-electron chi connectivity index (χ2n) is 7.52. The molecule has 0 spiro atoms. The molecule has 5 nitrogen and oxygen atoms in total. The summed E-state index contributed by atoms with van der Waals surface area (Å²) >= 11 is 0. The standard InChI is InChI=1S/C21H26N4O/c1-24(2)19(16-7-8-16)14-23-20-10-9-17(13-22-20)21(26)25-12-11-15-5-3-4-6-18(15)25/h3-6,9-10,13,16,19H,7-8,11-12,14H2,1-2H3,(H,22,23). The fraction of sp³-hybridized carbons (Fsp3) is 0.429. The van der Waals surface area contributed by atoms with Crippen LogP contribution in [0, 0.1) is 5.92 Å². The molecule has 2 aromatic rings. The summed E-state index contributed by atoms with van der Waals surface area (Å²) in [6, 6.07) is 12.4. The maximum atomic E-state index is 12.8. The molecule has 2 heterocycles. The van der Waals surface area contributed by atoms with Crippen LogP contribution in [0.25, 0.3) is 0 Å². The third-order valence-corrected chi connectivity index (χ3v) is 5.46. The summed E-state index contributed by atoms with van der Waals surface area (Å²) in [4.78, 5) is 21.4. The summed E-state index contributed by atoms with van der Waals surface area (Å²) in [5.74, 6) is 1.66. The van der Waals surface area contributed by atoms with Gasteiger partial charge < -0.3 is 15.1 Å². The van der Waals surface area contributed by atoms with Crippen LogP contribution in [-0.2, 0) is 6.42 Å². The number of carbonyl (C=O) groups is 1. The van der Waals surface area contributed by atoms with E-state index >= 15 is 0 Å². The lowest BCUT2D eigenvalue weighted by molar-refractivity contribution is 0.0989. The third kappa shape index (κ3) is 3.44. The lowest BCUT2D eigenvalue weighted by Gasteiger charge is -2.24. The van der Waals surface area contributed by atoms with Gasteiger partial charge >= 0.3 is 0 Å². The zero-order valence-electron chi connectivity index (χ0n) is 15.5. The molecule has 1 unspecified atom stereocenters. The summed E-state index contributed by atoms with van der Waals surface area (Å²) in [5, 5.41) is 3.42. The van der Waals surface area contributed by atoms with Crippen LogP contribution in [-0.4, -0.2) is 49.0 Å². The highest BCUT2D eigenvalue weighted by Crippen LogP contribution is 2.34. The second-order valence-corrected chi connectivity index (χ2v) is 7.52. The molecule has 1 aliphatic carbocycles. The number of carbonyl (C=O) groups excluding carboxylic acids is 1. The highest BCUT2D eigenvalue weighted by Gasteiger charge is 2.32. The molecular weight excluding hydrogens is 324 g/mol. The van der Waals surface area contributed by atoms with Crippen LogP contribution in [0.4, 0.5) is 11.5 Å². The zero-order chi connectivity index (χ0) is 18.1. The molecule has 1 amide bonds. The number of anilines is 2. The number of para-hydroxylation sites is 1. The number of likely N-dealkylation sites (N-methyl/N-ethyl adjacent to an activating group) is 1. The molecule has 0 saturated heterocycles. The molecule has 1 aromatic carbocycles. The molecule has 1 saturated carbocycles. The van der Waals surface area contributed by atoms with Gasteiger partial charge in [-0.05, 0) is 63.0 Å². The molecular formula is C21H26N4O. The van der Waals surface area contributed by atoms with Crippen LogP contribution in [0.2, 0.25) is 0 Å². The second kappa shape index (κ2) is 7.08. The molecule has 26 heavy (non-hydrogen) atoms. The first kappa shape index (κ1) is 17.0. The highest BCUT2D eigenvalue weighted by atomic mass is 16.2. The molecule has 136 valence electrons. The Morgan fingerprint density at radius 2 is 2.08 bits per heavy atom. The molecule has 5 heteroatoms. The Hall–Kier alpha value is -2.40. The van der Waals surface area contributed by atoms with Crippen molar-refractivity contribution >= 4 is 17.4 Å². The first-order valence-corrected chi connectivity index (χ1v) is 9.39. The zero-order valence-corrected chi connectivity index (χ0v) is 15.5. The molecule has 4 rings (SSSR count). The average Bonchev–Trinajstić information content (AvgIpc) is 3.39. The van der Waals surface area contributed by atoms with Gasteiger partial charge in [-0.25, -0.2) is 4.98 Å². The largest absolute Gasteiger partial charge is 0.368 e. The predicted octanol–water partition coefficient (Wildman–Crippen LogP) is 3.04. The van der Waals surface area contributed by atoms with Gasteiger partial charge in [0.15, 0.2) is 0 Å². The van der Waals surface area contributed by atoms with Crippen LogP contribution < -0.4 is 10.2 Å². The van der Waals surface area contributed by atoms with Crippen molar-refractivity contribution in [2.24, 2.45) is 5.92 Å². The number of rotatable bonds is 6. The van der Waals surface area contributed by atoms with Gasteiger partial charge in [-0.2, -0.15) is 0 Å². The Kier molecular flexibility index (Phi) is 4.64. The van der Waals surface area contributed by atoms with Crippen molar-refractivity contribution in [2.45, 2.75) is 25.3 Å². The SMILES string of the molecule is CN(C)C(CNc1ccc(C(=O)N2CCc3ccccc32)cn1)C1CC1. The normalized spacial score (nSPS) is 17.3. The van der Waals surface area contributed by atoms with Gasteiger partial charge in [0, 0.05) is 31.0 Å². The van der Waals surface area contributed by atoms with E-state index in [0.29, 0.717) is 11.6 Å². The van der Waals surface area contributed by atoms with Crippen molar-refractivity contribution < 1.29 is 4.79 Å². The van der Waals surface area contributed by atoms with Gasteiger partial charge in [0.05, 0.1) is 5.56 Å². The van der Waals surface area contributed by atoms with E-state index in [2.05, 4.69) is 35.4 Å². The molecule has 2 aliphatic rings. The summed E-state index contributed by atoms with van der Waals surface area (Å²) < 4.78 is 0. The van der Waals surface area contributed by atoms with Crippen molar-refractivity contribution in [3.8, 4) is 0 Å². The third-order valence-electron chi connectivity index (χ3n) is 5.46. The maximum Gasteiger partial charge on any atom is 0.259 e. The average molecular weight is 350 g/mol. The Morgan fingerprint density at radius 3 is 2.77 bits per heavy atom. The number of nitrogens with zero attached hydrogens (tertiary/aromatic N) is 3. The van der Waals surface area contributed by atoms with Gasteiger partial charge in [0.25, 0.3) is 5.91 Å². The van der Waals surface area contributed by atoms with E-state index in [-0.39, 0.29) is 5.91 Å². The molecule has 1 aromatic heterocycles. The van der Waals surface area contributed by atoms with Crippen molar-refractivity contribution in [2.75, 3.05) is 37.4 Å². The Labute approximate surface area is 155 Å². The van der Waals surface area contributed by atoms with Crippen molar-refractivity contribution in [1.29, 1.82) is 0 Å². The van der Waals surface area contributed by atoms with Gasteiger partial charge in [-0.15, -0.1) is 0 Å². The van der Waals surface area contributed by atoms with E-state index in [0.717, 1.165) is 36.9 Å². The molecule has 0 bridgehead atoms. The molecule has 0 radical (unpaired) electrons. The van der Waals surface area contributed by atoms with Gasteiger partial charge in [-0.1, -0.05) is 18.2 Å². The van der Waals surface area contributed by atoms with E-state index in [4.69, 9.17) is 0 Å². The molecule has 1 atom stereocenters. The fourth-order valence-corrected chi connectivity index (χ4v) is 3.79. The number of hydrogen-bond donors (Lipinski definition) is 1. The topological polar surface area (TPSA) is 48.5 Å². The summed E-state index contributed by atoms with van der Waals surface area (Å²) in [6.07, 6.45) is 5.25. The minimum absolute atomic E-state index is 0.0261. The lowest BCUT2D eigenvalue weighted by Crippen LogP contribution is -2.36. The van der Waals surface area contributed by atoms with Crippen LogP contribution >= 0.6 is 0 Å². The number of amides is 1. The molecule has 1 aliphatic heterocycles. The monoisotopic (exact) mass is 350 g/mol. The van der Waals surface area contributed by atoms with E-state index in [9.17, 15) is 4.79 Å². The molecule has 1 fully saturated rings. The summed E-state index contributed by atoms with van der Waals surface area (Å²) in [7, 11) is 4.27. The van der Waals surface area contributed by atoms with Crippen molar-refractivity contribution in [1.82, 2.24) is 9.88 Å². The first-order valence-electron chi connectivity index (χ1n) is 9.39. The Balaban J connectivity index is 1.41. The maximum absolute atomic E-state index is 12.8. The van der Waals surface area contributed by atoms with Crippen LogP contribution in [0.3, 0.4) is 0 Å². The molecule has 1 N–H and O–H groups in total. The fourth-order valence-electron chi connectivity index (χ4n) is 3.79. The number of aromatic nitrogens is 1. The highest BCUT2D eigenvalue weighted by molar-refractivity contribution is 6.07. The number of nitrogens with one attached hydrogen (secondary N) is 1. The van der Waals surface area contributed by atoms with Gasteiger partial charge in [0.2, 0.25) is 0 Å². The minimum atomic E-state index is 0.0261. The van der Waals surface area contributed by atoms with E-state index in [1.54, 1.807) is 6.20 Å². The van der Waals surface area contributed by atoms with Crippen LogP contribution in [0.5, 0.6) is 0 Å². The smallest absolute Gasteiger partial charge is 0.259 e. The first-order chi connectivity index (χ1) is 12.6. The predicted molar refractivity (Wildman–Crippen MR) is 105 cm³/mol. The Morgan fingerprint density at radius 1 is 1.27 bits per heavy atom. The minimum Gasteiger partial charge on any atom is -0.368 e. The van der Waals surface area contributed by atoms with E-state index in [1.165, 1.54) is 18.4 Å². The number of benzene rings is 1. The van der Waals surface area contributed by atoms with Gasteiger partial charge in [0.1, 0.15) is 5.82 Å². The van der Waals surface area contributed by atoms with Crippen LogP contribution in [0.15, 0.2) is 42.6 Å². The van der Waals surface area contributed by atoms with Crippen LogP contribution in [0.1, 0.15) is 28.8 Å². The van der Waals surface area contributed by atoms with Gasteiger partial charge in [-0.3, -0.25) is 4.79 Å². The quantitative estimate of drug-likeness (QED) is 0.870.